The van der Waals surface area contributed by atoms with Crippen LogP contribution in [0.2, 0.25) is 0 Å². The number of methoxy groups -OCH3 is 1. The largest absolute Gasteiger partial charge is 0.495 e. The number of nitrogens with zero attached hydrogens (tertiary/aromatic N) is 2. The number of fused-ring (bicyclic) bond motifs is 3. The molecule has 0 unspecified atom stereocenters. The third-order valence-electron chi connectivity index (χ3n) is 6.04. The molecule has 148 valence electrons. The summed E-state index contributed by atoms with van der Waals surface area (Å²) in [6.45, 7) is 1.67. The van der Waals surface area contributed by atoms with Crippen molar-refractivity contribution in [3.05, 3.63) is 59.8 Å². The van der Waals surface area contributed by atoms with Gasteiger partial charge < -0.3 is 19.5 Å². The normalized spacial score (nSPS) is 18.9. The van der Waals surface area contributed by atoms with Gasteiger partial charge in [-0.25, -0.2) is 0 Å². The fourth-order valence-corrected chi connectivity index (χ4v) is 4.57. The second-order valence-electron chi connectivity index (χ2n) is 7.71. The van der Waals surface area contributed by atoms with E-state index >= 15 is 0 Å². The molecule has 1 fully saturated rings. The number of benzene rings is 2. The first-order valence-corrected chi connectivity index (χ1v) is 9.96. The second kappa shape index (κ2) is 6.95. The number of para-hydroxylation sites is 3. The van der Waals surface area contributed by atoms with E-state index in [-0.39, 0.29) is 24.2 Å². The van der Waals surface area contributed by atoms with Crippen molar-refractivity contribution in [3.63, 3.8) is 0 Å². The van der Waals surface area contributed by atoms with E-state index in [0.29, 0.717) is 25.4 Å². The van der Waals surface area contributed by atoms with Gasteiger partial charge in [0.1, 0.15) is 5.75 Å². The van der Waals surface area contributed by atoms with Gasteiger partial charge in [-0.2, -0.15) is 0 Å². The van der Waals surface area contributed by atoms with Crippen LogP contribution in [0, 0.1) is 5.92 Å². The quantitative estimate of drug-likeness (QED) is 0.749. The van der Waals surface area contributed by atoms with Crippen LogP contribution in [0.5, 0.6) is 5.75 Å². The molecule has 3 heterocycles. The van der Waals surface area contributed by atoms with Crippen LogP contribution in [0.25, 0.3) is 10.9 Å². The highest BCUT2D eigenvalue weighted by Gasteiger charge is 2.39. The Labute approximate surface area is 169 Å². The topological polar surface area (TPSA) is 65.6 Å². The van der Waals surface area contributed by atoms with Crippen LogP contribution in [0.1, 0.15) is 17.7 Å². The fourth-order valence-electron chi connectivity index (χ4n) is 4.57. The Morgan fingerprint density at radius 3 is 2.79 bits per heavy atom. The zero-order valence-electron chi connectivity index (χ0n) is 16.4. The van der Waals surface area contributed by atoms with E-state index in [0.717, 1.165) is 17.6 Å². The van der Waals surface area contributed by atoms with Crippen molar-refractivity contribution in [2.75, 3.05) is 25.1 Å². The number of aromatic amines is 1. The number of H-pyrrole nitrogens is 1. The van der Waals surface area contributed by atoms with Crippen LogP contribution in [0.4, 0.5) is 5.69 Å². The molecule has 5 rings (SSSR count). The predicted octanol–water partition coefficient (Wildman–Crippen LogP) is 3.11. The minimum absolute atomic E-state index is 0.0300. The minimum Gasteiger partial charge on any atom is -0.495 e. The van der Waals surface area contributed by atoms with Crippen LogP contribution in [-0.4, -0.2) is 41.9 Å². The van der Waals surface area contributed by atoms with Gasteiger partial charge in [-0.1, -0.05) is 30.3 Å². The number of hydrogen-bond acceptors (Lipinski definition) is 3. The van der Waals surface area contributed by atoms with Crippen molar-refractivity contribution in [3.8, 4) is 5.75 Å². The molecule has 2 aliphatic heterocycles. The second-order valence-corrected chi connectivity index (χ2v) is 7.71. The molecule has 1 aromatic heterocycles. The Balaban J connectivity index is 1.36. The highest BCUT2D eigenvalue weighted by Crippen LogP contribution is 2.34. The summed E-state index contributed by atoms with van der Waals surface area (Å²) in [6, 6.07) is 15.7. The lowest BCUT2D eigenvalue weighted by molar-refractivity contribution is -0.136. The van der Waals surface area contributed by atoms with Crippen LogP contribution in [0.3, 0.4) is 0 Å². The summed E-state index contributed by atoms with van der Waals surface area (Å²) >= 11 is 0. The molecule has 1 atom stereocenters. The summed E-state index contributed by atoms with van der Waals surface area (Å²) in [7, 11) is 1.59. The monoisotopic (exact) mass is 389 g/mol. The summed E-state index contributed by atoms with van der Waals surface area (Å²) < 4.78 is 5.40. The molecule has 2 aromatic carbocycles. The Kier molecular flexibility index (Phi) is 4.27. The SMILES string of the molecule is COc1ccccc1N1C[C@H](C(=O)N2CCc3[nH]c4ccccc4c3C2)CC1=O. The van der Waals surface area contributed by atoms with E-state index in [1.54, 1.807) is 12.0 Å². The average molecular weight is 389 g/mol. The lowest BCUT2D eigenvalue weighted by Crippen LogP contribution is -2.40. The molecule has 2 aliphatic rings. The first-order valence-electron chi connectivity index (χ1n) is 9.96. The van der Waals surface area contributed by atoms with E-state index in [1.807, 2.05) is 41.3 Å². The molecule has 0 saturated carbocycles. The molecule has 1 saturated heterocycles. The number of hydrogen-bond donors (Lipinski definition) is 1. The third-order valence-corrected chi connectivity index (χ3v) is 6.04. The van der Waals surface area contributed by atoms with E-state index in [2.05, 4.69) is 17.1 Å². The lowest BCUT2D eigenvalue weighted by Gasteiger charge is -2.29. The number of anilines is 1. The number of aromatic nitrogens is 1. The van der Waals surface area contributed by atoms with E-state index in [4.69, 9.17) is 4.74 Å². The van der Waals surface area contributed by atoms with Gasteiger partial charge >= 0.3 is 0 Å². The summed E-state index contributed by atoms with van der Waals surface area (Å²) in [5, 5.41) is 1.18. The van der Waals surface area contributed by atoms with Crippen molar-refractivity contribution in [1.82, 2.24) is 9.88 Å². The van der Waals surface area contributed by atoms with Crippen LogP contribution >= 0.6 is 0 Å². The summed E-state index contributed by atoms with van der Waals surface area (Å²) in [5.41, 5.74) is 4.26. The van der Waals surface area contributed by atoms with Crippen LogP contribution < -0.4 is 9.64 Å². The number of carbonyl (C=O) groups is 2. The Morgan fingerprint density at radius 2 is 1.93 bits per heavy atom. The maximum absolute atomic E-state index is 13.3. The van der Waals surface area contributed by atoms with Crippen LogP contribution in [-0.2, 0) is 22.6 Å². The Morgan fingerprint density at radius 1 is 1.14 bits per heavy atom. The summed E-state index contributed by atoms with van der Waals surface area (Å²) in [6.07, 6.45) is 1.06. The van der Waals surface area contributed by atoms with E-state index in [1.165, 1.54) is 16.6 Å². The van der Waals surface area contributed by atoms with Crippen molar-refractivity contribution in [2.24, 2.45) is 5.92 Å². The van der Waals surface area contributed by atoms with Gasteiger partial charge in [0.15, 0.2) is 0 Å². The molecule has 6 nitrogen and oxygen atoms in total. The zero-order valence-corrected chi connectivity index (χ0v) is 16.4. The van der Waals surface area contributed by atoms with Crippen molar-refractivity contribution >= 4 is 28.4 Å². The zero-order chi connectivity index (χ0) is 20.0. The summed E-state index contributed by atoms with van der Waals surface area (Å²) in [4.78, 5) is 33.0. The number of carbonyl (C=O) groups excluding carboxylic acids is 2. The van der Waals surface area contributed by atoms with E-state index < -0.39 is 0 Å². The molecule has 3 aromatic rings. The Hall–Kier alpha value is -3.28. The first-order chi connectivity index (χ1) is 14.2. The first kappa shape index (κ1) is 17.8. The van der Waals surface area contributed by atoms with Gasteiger partial charge in [0, 0.05) is 54.6 Å². The van der Waals surface area contributed by atoms with Gasteiger partial charge in [0.25, 0.3) is 0 Å². The molecule has 1 N–H and O–H groups in total. The average Bonchev–Trinajstić information content (AvgIpc) is 3.33. The number of ether oxygens (including phenoxy) is 1. The number of rotatable bonds is 3. The van der Waals surface area contributed by atoms with Crippen molar-refractivity contribution in [1.29, 1.82) is 0 Å². The Bertz CT molecular complexity index is 1100. The van der Waals surface area contributed by atoms with Gasteiger partial charge in [-0.3, -0.25) is 9.59 Å². The molecular weight excluding hydrogens is 366 g/mol. The van der Waals surface area contributed by atoms with Crippen molar-refractivity contribution < 1.29 is 14.3 Å². The molecule has 2 amide bonds. The molecular formula is C23H23N3O3. The van der Waals surface area contributed by atoms with Gasteiger partial charge in [-0.15, -0.1) is 0 Å². The van der Waals surface area contributed by atoms with Gasteiger partial charge in [0.2, 0.25) is 11.8 Å². The number of nitrogens with one attached hydrogen (secondary N) is 1. The fraction of sp³-hybridized carbons (Fsp3) is 0.304. The molecule has 6 heteroatoms. The maximum atomic E-state index is 13.3. The third kappa shape index (κ3) is 2.95. The maximum Gasteiger partial charge on any atom is 0.228 e. The van der Waals surface area contributed by atoms with Crippen LogP contribution in [0.15, 0.2) is 48.5 Å². The molecule has 0 radical (unpaired) electrons. The predicted molar refractivity (Wildman–Crippen MR) is 111 cm³/mol. The van der Waals surface area contributed by atoms with Gasteiger partial charge in [0.05, 0.1) is 18.7 Å². The smallest absolute Gasteiger partial charge is 0.228 e. The highest BCUT2D eigenvalue weighted by molar-refractivity contribution is 6.01. The minimum atomic E-state index is -0.320. The summed E-state index contributed by atoms with van der Waals surface area (Å²) in [5.74, 6) is 0.360. The highest BCUT2D eigenvalue weighted by atomic mass is 16.5. The lowest BCUT2D eigenvalue weighted by atomic mass is 10.0. The molecule has 0 spiro atoms. The molecule has 0 bridgehead atoms. The van der Waals surface area contributed by atoms with E-state index in [9.17, 15) is 9.59 Å². The van der Waals surface area contributed by atoms with Crippen molar-refractivity contribution in [2.45, 2.75) is 19.4 Å². The molecule has 0 aliphatic carbocycles. The molecule has 29 heavy (non-hydrogen) atoms. The number of amides is 2. The standard InChI is InChI=1S/C23H23N3O3/c1-29-21-9-5-4-8-20(21)26-13-15(12-22(26)27)23(28)25-11-10-19-17(14-25)16-6-2-3-7-18(16)24-19/h2-9,15,24H,10-14H2,1H3/t15-/m1/s1. The van der Waals surface area contributed by atoms with Gasteiger partial charge in [-0.05, 0) is 18.2 Å².